The lowest BCUT2D eigenvalue weighted by molar-refractivity contribution is -0.189. The van der Waals surface area contributed by atoms with E-state index in [1.165, 1.54) is 0 Å². The van der Waals surface area contributed by atoms with E-state index in [-0.39, 0.29) is 17.7 Å². The number of rotatable bonds is 4. The Hall–Kier alpha value is -2.25. The van der Waals surface area contributed by atoms with Gasteiger partial charge in [-0.3, -0.25) is 0 Å². The van der Waals surface area contributed by atoms with Gasteiger partial charge in [-0.15, -0.1) is 0 Å². The maximum atomic E-state index is 14.3. The fourth-order valence-corrected chi connectivity index (χ4v) is 3.24. The maximum absolute atomic E-state index is 14.3. The number of alkyl halides is 2. The van der Waals surface area contributed by atoms with Gasteiger partial charge in [-0.1, -0.05) is 6.92 Å². The number of halogens is 7. The van der Waals surface area contributed by atoms with Crippen LogP contribution in [0.25, 0.3) is 0 Å². The smallest absolute Gasteiger partial charge is 0.429 e. The molecule has 1 radical (unpaired) electrons. The van der Waals surface area contributed by atoms with Crippen molar-refractivity contribution in [2.75, 3.05) is 0 Å². The maximum Gasteiger partial charge on any atom is 0.432 e. The zero-order valence-corrected chi connectivity index (χ0v) is 14.8. The first kappa shape index (κ1) is 20.5. The molecule has 0 bridgehead atoms. The van der Waals surface area contributed by atoms with Crippen molar-refractivity contribution in [1.29, 1.82) is 0 Å². The van der Waals surface area contributed by atoms with Crippen LogP contribution in [0.5, 0.6) is 5.75 Å². The van der Waals surface area contributed by atoms with Crippen molar-refractivity contribution in [3.63, 3.8) is 0 Å². The summed E-state index contributed by atoms with van der Waals surface area (Å²) in [5, 5.41) is 0. The van der Waals surface area contributed by atoms with Crippen molar-refractivity contribution in [3.05, 3.63) is 70.4 Å². The quantitative estimate of drug-likeness (QED) is 0.409. The predicted octanol–water partition coefficient (Wildman–Crippen LogP) is 6.64. The van der Waals surface area contributed by atoms with Crippen LogP contribution in [-0.4, -0.2) is 0 Å². The van der Waals surface area contributed by atoms with E-state index in [1.807, 2.05) is 0 Å². The summed E-state index contributed by atoms with van der Waals surface area (Å²) in [5.41, 5.74) is -1.49. The lowest BCUT2D eigenvalue weighted by Crippen LogP contribution is -2.26. The van der Waals surface area contributed by atoms with E-state index < -0.39 is 46.5 Å². The van der Waals surface area contributed by atoms with Gasteiger partial charge in [0.25, 0.3) is 0 Å². The fourth-order valence-electron chi connectivity index (χ4n) is 3.24. The minimum atomic E-state index is -4.57. The first-order valence-corrected chi connectivity index (χ1v) is 8.64. The zero-order valence-electron chi connectivity index (χ0n) is 14.8. The molecule has 1 saturated carbocycles. The minimum absolute atomic E-state index is 0.162. The van der Waals surface area contributed by atoms with Crippen LogP contribution in [0.2, 0.25) is 0 Å². The Morgan fingerprint density at radius 3 is 1.82 bits per heavy atom. The molecule has 0 heterocycles. The third-order valence-electron chi connectivity index (χ3n) is 4.82. The molecule has 1 fully saturated rings. The van der Waals surface area contributed by atoms with Crippen LogP contribution in [0.15, 0.2) is 24.3 Å². The highest BCUT2D eigenvalue weighted by Gasteiger charge is 2.42. The first-order chi connectivity index (χ1) is 13.1. The van der Waals surface area contributed by atoms with Crippen molar-refractivity contribution in [2.24, 2.45) is 5.92 Å². The third-order valence-corrected chi connectivity index (χ3v) is 4.82. The van der Waals surface area contributed by atoms with E-state index in [1.54, 1.807) is 0 Å². The fraction of sp³-hybridized carbons (Fsp3) is 0.350. The topological polar surface area (TPSA) is 9.23 Å². The molecular weight excluding hydrogens is 389 g/mol. The third kappa shape index (κ3) is 4.10. The van der Waals surface area contributed by atoms with Gasteiger partial charge in [0.05, 0.1) is 0 Å². The van der Waals surface area contributed by atoms with Crippen molar-refractivity contribution in [3.8, 4) is 5.75 Å². The van der Waals surface area contributed by atoms with Crippen LogP contribution >= 0.6 is 0 Å². The van der Waals surface area contributed by atoms with Crippen molar-refractivity contribution in [1.82, 2.24) is 0 Å². The molecule has 28 heavy (non-hydrogen) atoms. The Morgan fingerprint density at radius 1 is 0.821 bits per heavy atom. The summed E-state index contributed by atoms with van der Waals surface area (Å²) < 4.78 is 101. The zero-order chi connectivity index (χ0) is 20.6. The van der Waals surface area contributed by atoms with E-state index >= 15 is 0 Å². The molecule has 1 aliphatic carbocycles. The first-order valence-electron chi connectivity index (χ1n) is 8.64. The van der Waals surface area contributed by atoms with Crippen molar-refractivity contribution in [2.45, 2.75) is 38.7 Å². The second-order valence-electron chi connectivity index (χ2n) is 6.92. The molecule has 0 aliphatic heterocycles. The van der Waals surface area contributed by atoms with Gasteiger partial charge >= 0.3 is 6.11 Å². The van der Waals surface area contributed by atoms with Crippen molar-refractivity contribution >= 4 is 0 Å². The molecule has 0 unspecified atom stereocenters. The number of hydrogen-bond donors (Lipinski definition) is 0. The number of benzene rings is 2. The lowest BCUT2D eigenvalue weighted by atomic mass is 9.79. The molecule has 1 aliphatic rings. The van der Waals surface area contributed by atoms with Gasteiger partial charge in [0.15, 0.2) is 17.5 Å². The molecule has 2 aromatic carbocycles. The summed E-state index contributed by atoms with van der Waals surface area (Å²) >= 11 is 0. The standard InChI is InChI=1S/C20H16F7O/c1-10-2-4-11(5-3-10)12-6-14(21)18(15(22)7-12)20(26,27)28-13-8-16(23)19(25)17(24)9-13/h6-10H,2-5H2,1H3. The summed E-state index contributed by atoms with van der Waals surface area (Å²) in [6.07, 6.45) is -1.68. The van der Waals surface area contributed by atoms with Crippen LogP contribution < -0.4 is 4.74 Å². The van der Waals surface area contributed by atoms with Crippen LogP contribution in [0, 0.1) is 40.9 Å². The lowest BCUT2D eigenvalue weighted by Gasteiger charge is -2.27. The Morgan fingerprint density at radius 2 is 1.32 bits per heavy atom. The summed E-state index contributed by atoms with van der Waals surface area (Å²) in [6.45, 7) is 2.06. The molecule has 0 N–H and O–H groups in total. The monoisotopic (exact) mass is 405 g/mol. The number of hydrogen-bond acceptors (Lipinski definition) is 1. The highest BCUT2D eigenvalue weighted by Crippen LogP contribution is 2.39. The second kappa shape index (κ2) is 7.64. The van der Waals surface area contributed by atoms with Crippen LogP contribution in [0.4, 0.5) is 30.7 Å². The Labute approximate surface area is 157 Å². The Kier molecular flexibility index (Phi) is 5.59. The van der Waals surface area contributed by atoms with Crippen LogP contribution in [-0.2, 0) is 6.11 Å². The average molecular weight is 405 g/mol. The second-order valence-corrected chi connectivity index (χ2v) is 6.92. The average Bonchev–Trinajstić information content (AvgIpc) is 2.59. The van der Waals surface area contributed by atoms with Crippen LogP contribution in [0.3, 0.4) is 0 Å². The van der Waals surface area contributed by atoms with Gasteiger partial charge in [-0.2, -0.15) is 8.78 Å². The Balaban J connectivity index is 1.89. The summed E-state index contributed by atoms with van der Waals surface area (Å²) in [7, 11) is 0. The molecule has 0 aromatic heterocycles. The molecule has 1 nitrogen and oxygen atoms in total. The van der Waals surface area contributed by atoms with Crippen molar-refractivity contribution < 1.29 is 35.5 Å². The Bertz CT molecular complexity index is 827. The molecule has 0 saturated heterocycles. The normalized spacial score (nSPS) is 16.4. The summed E-state index contributed by atoms with van der Waals surface area (Å²) in [6, 6.07) is 1.92. The van der Waals surface area contributed by atoms with E-state index in [0.29, 0.717) is 18.8 Å². The molecule has 2 aromatic rings. The molecule has 0 atom stereocenters. The largest absolute Gasteiger partial charge is 0.432 e. The van der Waals surface area contributed by atoms with E-state index in [0.717, 1.165) is 30.9 Å². The van der Waals surface area contributed by atoms with Gasteiger partial charge < -0.3 is 4.74 Å². The SMILES string of the molecule is CC1CC[C](c2cc(F)c(C(F)(F)Oc3cc(F)c(F)c(F)c3)c(F)c2)CC1. The molecule has 0 amide bonds. The van der Waals surface area contributed by atoms with Gasteiger partial charge in [0, 0.05) is 18.1 Å². The number of ether oxygens (including phenoxy) is 1. The highest BCUT2D eigenvalue weighted by atomic mass is 19.3. The molecule has 8 heteroatoms. The van der Waals surface area contributed by atoms with E-state index in [4.69, 9.17) is 0 Å². The molecule has 0 spiro atoms. The summed E-state index contributed by atoms with van der Waals surface area (Å²) in [5.74, 6) is -8.38. The van der Waals surface area contributed by atoms with Gasteiger partial charge in [-0.05, 0) is 49.3 Å². The predicted molar refractivity (Wildman–Crippen MR) is 87.2 cm³/mol. The van der Waals surface area contributed by atoms with E-state index in [2.05, 4.69) is 11.7 Å². The highest BCUT2D eigenvalue weighted by molar-refractivity contribution is 5.37. The minimum Gasteiger partial charge on any atom is -0.429 e. The van der Waals surface area contributed by atoms with Crippen LogP contribution in [0.1, 0.15) is 43.7 Å². The van der Waals surface area contributed by atoms with Gasteiger partial charge in [0.2, 0.25) is 0 Å². The molecular formula is C20H16F7O. The van der Waals surface area contributed by atoms with Gasteiger partial charge in [-0.25, -0.2) is 22.0 Å². The summed E-state index contributed by atoms with van der Waals surface area (Å²) in [4.78, 5) is 0. The van der Waals surface area contributed by atoms with E-state index in [9.17, 15) is 30.7 Å². The molecule has 151 valence electrons. The van der Waals surface area contributed by atoms with Gasteiger partial charge in [0.1, 0.15) is 22.9 Å². The molecule has 3 rings (SSSR count).